The van der Waals surface area contributed by atoms with Gasteiger partial charge in [0, 0.05) is 25.3 Å². The maximum absolute atomic E-state index is 13.0. The van der Waals surface area contributed by atoms with Crippen molar-refractivity contribution in [3.05, 3.63) is 53.9 Å². The predicted octanol–water partition coefficient (Wildman–Crippen LogP) is 2.75. The van der Waals surface area contributed by atoms with Crippen LogP contribution in [-0.2, 0) is 17.9 Å². The molecule has 30 heavy (non-hydrogen) atoms. The molecule has 164 valence electrons. The number of benzene rings is 1. The van der Waals surface area contributed by atoms with Crippen LogP contribution in [0.25, 0.3) is 0 Å². The van der Waals surface area contributed by atoms with Gasteiger partial charge >= 0.3 is 0 Å². The number of halogens is 1. The lowest BCUT2D eigenvalue weighted by Crippen LogP contribution is -2.38. The van der Waals surface area contributed by atoms with Crippen LogP contribution in [0.15, 0.2) is 42.7 Å². The van der Waals surface area contributed by atoms with Gasteiger partial charge < -0.3 is 16.0 Å². The van der Waals surface area contributed by atoms with Crippen LogP contribution in [0.3, 0.4) is 0 Å². The van der Waals surface area contributed by atoms with Crippen LogP contribution >= 0.6 is 12.4 Å². The second kappa shape index (κ2) is 12.3. The summed E-state index contributed by atoms with van der Waals surface area (Å²) in [7, 11) is 0. The molecule has 2 aromatic rings. The van der Waals surface area contributed by atoms with Crippen molar-refractivity contribution in [2.45, 2.75) is 57.7 Å². The molecule has 0 bridgehead atoms. The summed E-state index contributed by atoms with van der Waals surface area (Å²) in [4.78, 5) is 27.1. The largest absolute Gasteiger partial charge is 0.352 e. The van der Waals surface area contributed by atoms with Crippen LogP contribution in [0, 0.1) is 0 Å². The molecule has 1 aliphatic rings. The molecule has 8 heteroatoms. The monoisotopic (exact) mass is 433 g/mol. The van der Waals surface area contributed by atoms with Crippen molar-refractivity contribution in [1.29, 1.82) is 0 Å². The standard InChI is InChI=1S/C22H31N5O2.ClH/c23-12-7-13-26(15-18-8-3-1-4-9-18)22(29)19-14-24-27(16-19)17-21(28)25-20-10-5-2-6-11-20;/h1,3-4,8-9,14,16,20H,2,5-7,10-13,15,17,23H2,(H,25,28);1H. The number of amides is 2. The molecule has 1 aromatic carbocycles. The summed E-state index contributed by atoms with van der Waals surface area (Å²) < 4.78 is 1.54. The van der Waals surface area contributed by atoms with Gasteiger partial charge in [-0.25, -0.2) is 0 Å². The fourth-order valence-corrected chi connectivity index (χ4v) is 3.75. The van der Waals surface area contributed by atoms with Crippen LogP contribution in [0.5, 0.6) is 0 Å². The molecule has 3 N–H and O–H groups in total. The Balaban J connectivity index is 0.00000320. The summed E-state index contributed by atoms with van der Waals surface area (Å²) in [5.41, 5.74) is 7.20. The van der Waals surface area contributed by atoms with Crippen LogP contribution in [0.2, 0.25) is 0 Å². The van der Waals surface area contributed by atoms with Gasteiger partial charge in [-0.15, -0.1) is 12.4 Å². The van der Waals surface area contributed by atoms with Crippen molar-refractivity contribution >= 4 is 24.2 Å². The van der Waals surface area contributed by atoms with E-state index in [0.29, 0.717) is 25.2 Å². The van der Waals surface area contributed by atoms with Gasteiger partial charge in [0.05, 0.1) is 11.8 Å². The lowest BCUT2D eigenvalue weighted by molar-refractivity contribution is -0.122. The van der Waals surface area contributed by atoms with Crippen molar-refractivity contribution in [1.82, 2.24) is 20.0 Å². The predicted molar refractivity (Wildman–Crippen MR) is 119 cm³/mol. The molecule has 3 rings (SSSR count). The Kier molecular flexibility index (Phi) is 9.83. The number of nitrogens with two attached hydrogens (primary N) is 1. The number of hydrogen-bond acceptors (Lipinski definition) is 4. The van der Waals surface area contributed by atoms with E-state index in [0.717, 1.165) is 24.8 Å². The first-order valence-corrected chi connectivity index (χ1v) is 10.5. The van der Waals surface area contributed by atoms with Crippen LogP contribution in [0.1, 0.15) is 54.4 Å². The fraction of sp³-hybridized carbons (Fsp3) is 0.500. The molecule has 0 saturated heterocycles. The van der Waals surface area contributed by atoms with Crippen molar-refractivity contribution in [3.8, 4) is 0 Å². The normalized spacial score (nSPS) is 14.0. The highest BCUT2D eigenvalue weighted by Gasteiger charge is 2.19. The summed E-state index contributed by atoms with van der Waals surface area (Å²) in [6.45, 7) is 1.76. The highest BCUT2D eigenvalue weighted by molar-refractivity contribution is 5.93. The Labute approximate surface area is 184 Å². The zero-order chi connectivity index (χ0) is 20.5. The number of aromatic nitrogens is 2. The first-order valence-electron chi connectivity index (χ1n) is 10.5. The van der Waals surface area contributed by atoms with Crippen molar-refractivity contribution in [2.75, 3.05) is 13.1 Å². The minimum atomic E-state index is -0.0961. The molecular weight excluding hydrogens is 402 g/mol. The van der Waals surface area contributed by atoms with Crippen LogP contribution < -0.4 is 11.1 Å². The van der Waals surface area contributed by atoms with Crippen LogP contribution in [-0.4, -0.2) is 45.6 Å². The molecule has 0 spiro atoms. The number of carbonyl (C=O) groups excluding carboxylic acids is 2. The summed E-state index contributed by atoms with van der Waals surface area (Å²) in [6, 6.07) is 10.2. The lowest BCUT2D eigenvalue weighted by Gasteiger charge is -2.22. The lowest BCUT2D eigenvalue weighted by atomic mass is 9.95. The molecule has 1 saturated carbocycles. The van der Waals surface area contributed by atoms with Gasteiger partial charge in [-0.2, -0.15) is 5.10 Å². The zero-order valence-corrected chi connectivity index (χ0v) is 18.2. The van der Waals surface area contributed by atoms with E-state index in [9.17, 15) is 9.59 Å². The molecule has 7 nitrogen and oxygen atoms in total. The second-order valence-corrected chi connectivity index (χ2v) is 7.68. The van der Waals surface area contributed by atoms with E-state index in [1.807, 2.05) is 30.3 Å². The molecule has 0 atom stereocenters. The maximum Gasteiger partial charge on any atom is 0.257 e. The summed E-state index contributed by atoms with van der Waals surface area (Å²) in [5, 5.41) is 7.30. The van der Waals surface area contributed by atoms with Gasteiger partial charge in [-0.1, -0.05) is 49.6 Å². The average molecular weight is 434 g/mol. The van der Waals surface area contributed by atoms with E-state index in [1.165, 1.54) is 30.1 Å². The molecule has 0 radical (unpaired) electrons. The van der Waals surface area contributed by atoms with Crippen molar-refractivity contribution in [3.63, 3.8) is 0 Å². The van der Waals surface area contributed by atoms with E-state index in [1.54, 1.807) is 11.1 Å². The Morgan fingerprint density at radius 1 is 1.17 bits per heavy atom. The first kappa shape index (κ1) is 23.9. The van der Waals surface area contributed by atoms with E-state index in [4.69, 9.17) is 5.73 Å². The summed E-state index contributed by atoms with van der Waals surface area (Å²) in [6.07, 6.45) is 9.61. The number of carbonyl (C=O) groups is 2. The maximum atomic E-state index is 13.0. The minimum Gasteiger partial charge on any atom is -0.352 e. The zero-order valence-electron chi connectivity index (χ0n) is 17.3. The van der Waals surface area contributed by atoms with Crippen molar-refractivity contribution < 1.29 is 9.59 Å². The molecular formula is C22H32ClN5O2. The molecule has 1 aliphatic carbocycles. The third-order valence-corrected chi connectivity index (χ3v) is 5.29. The average Bonchev–Trinajstić information content (AvgIpc) is 3.20. The van der Waals surface area contributed by atoms with Crippen LogP contribution in [0.4, 0.5) is 0 Å². The third-order valence-electron chi connectivity index (χ3n) is 5.29. The van der Waals surface area contributed by atoms with E-state index in [-0.39, 0.29) is 36.8 Å². The number of nitrogens with zero attached hydrogens (tertiary/aromatic N) is 3. The Morgan fingerprint density at radius 2 is 1.90 bits per heavy atom. The molecule has 0 unspecified atom stereocenters. The first-order chi connectivity index (χ1) is 14.2. The van der Waals surface area contributed by atoms with Gasteiger partial charge in [-0.05, 0) is 31.4 Å². The highest BCUT2D eigenvalue weighted by Crippen LogP contribution is 2.17. The Morgan fingerprint density at radius 3 is 2.60 bits per heavy atom. The second-order valence-electron chi connectivity index (χ2n) is 7.68. The Bertz CT molecular complexity index is 790. The summed E-state index contributed by atoms with van der Waals surface area (Å²) >= 11 is 0. The smallest absolute Gasteiger partial charge is 0.257 e. The summed E-state index contributed by atoms with van der Waals surface area (Å²) in [5.74, 6) is -0.149. The molecule has 1 aromatic heterocycles. The van der Waals surface area contributed by atoms with E-state index < -0.39 is 0 Å². The van der Waals surface area contributed by atoms with Gasteiger partial charge in [0.25, 0.3) is 5.91 Å². The fourth-order valence-electron chi connectivity index (χ4n) is 3.75. The number of rotatable bonds is 9. The van der Waals surface area contributed by atoms with E-state index in [2.05, 4.69) is 10.4 Å². The SMILES string of the molecule is Cl.NCCCN(Cc1ccccc1)C(=O)c1cnn(CC(=O)NC2CCCCC2)c1. The van der Waals surface area contributed by atoms with Gasteiger partial charge in [-0.3, -0.25) is 14.3 Å². The number of hydrogen-bond donors (Lipinski definition) is 2. The molecule has 2 amide bonds. The van der Waals surface area contributed by atoms with Gasteiger partial charge in [0.2, 0.25) is 5.91 Å². The quantitative estimate of drug-likeness (QED) is 0.635. The van der Waals surface area contributed by atoms with Gasteiger partial charge in [0.1, 0.15) is 6.54 Å². The topological polar surface area (TPSA) is 93.2 Å². The minimum absolute atomic E-state index is 0. The third kappa shape index (κ3) is 7.15. The number of nitrogens with one attached hydrogen (secondary N) is 1. The van der Waals surface area contributed by atoms with Gasteiger partial charge in [0.15, 0.2) is 0 Å². The molecule has 1 heterocycles. The Hall–Kier alpha value is -2.38. The highest BCUT2D eigenvalue weighted by atomic mass is 35.5. The van der Waals surface area contributed by atoms with E-state index >= 15 is 0 Å². The molecule has 1 fully saturated rings. The molecule has 0 aliphatic heterocycles. The van der Waals surface area contributed by atoms with Crippen molar-refractivity contribution in [2.24, 2.45) is 5.73 Å².